The van der Waals surface area contributed by atoms with E-state index in [1.807, 2.05) is 0 Å². The normalized spacial score (nSPS) is 18.6. The number of carbonyl (C=O) groups is 1. The Hall–Kier alpha value is -0.700. The Kier molecular flexibility index (Phi) is 1.39. The second kappa shape index (κ2) is 2.05. The van der Waals surface area contributed by atoms with Gasteiger partial charge in [-0.25, -0.2) is 4.79 Å². The Bertz CT molecular complexity index is 140. The highest BCUT2D eigenvalue weighted by molar-refractivity contribution is 6.41. The molecular weight excluding hydrogens is 131 g/mol. The molecule has 1 aliphatic heterocycles. The summed E-state index contributed by atoms with van der Waals surface area (Å²) in [6.45, 7) is -0.0327. The summed E-state index contributed by atoms with van der Waals surface area (Å²) in [5.41, 5.74) is 0. The molecule has 3 nitrogen and oxygen atoms in total. The van der Waals surface area contributed by atoms with E-state index in [0.717, 1.165) is 6.26 Å². The lowest BCUT2D eigenvalue weighted by Gasteiger charge is -2.07. The van der Waals surface area contributed by atoms with Crippen LogP contribution in [-0.4, -0.2) is 12.8 Å². The molecule has 0 bridgehead atoms. The number of esters is 1. The third kappa shape index (κ3) is 0.924. The molecule has 0 aromatic heterocycles. The highest BCUT2D eigenvalue weighted by atomic mass is 35.5. The van der Waals surface area contributed by atoms with Gasteiger partial charge in [0, 0.05) is 0 Å². The SMILES string of the molecule is O=C1OCOC=C1Cl. The van der Waals surface area contributed by atoms with Gasteiger partial charge in [0.25, 0.3) is 0 Å². The molecule has 0 aliphatic carbocycles. The quantitative estimate of drug-likeness (QED) is 0.455. The molecule has 0 saturated carbocycles. The topological polar surface area (TPSA) is 35.5 Å². The minimum absolute atomic E-state index is 0.0174. The molecule has 0 N–H and O–H groups in total. The fourth-order valence-electron chi connectivity index (χ4n) is 0.312. The molecule has 4 heteroatoms. The van der Waals surface area contributed by atoms with Gasteiger partial charge in [-0.05, 0) is 0 Å². The highest BCUT2D eigenvalue weighted by Gasteiger charge is 2.11. The van der Waals surface area contributed by atoms with E-state index in [-0.39, 0.29) is 11.8 Å². The lowest BCUT2D eigenvalue weighted by molar-refractivity contribution is -0.150. The maximum absolute atomic E-state index is 10.3. The van der Waals surface area contributed by atoms with Gasteiger partial charge in [-0.1, -0.05) is 11.6 Å². The number of ether oxygens (including phenoxy) is 2. The Morgan fingerprint density at radius 3 is 2.88 bits per heavy atom. The van der Waals surface area contributed by atoms with Gasteiger partial charge >= 0.3 is 5.97 Å². The van der Waals surface area contributed by atoms with Crippen molar-refractivity contribution in [1.82, 2.24) is 0 Å². The van der Waals surface area contributed by atoms with E-state index in [0.29, 0.717) is 0 Å². The number of hydrogen-bond donors (Lipinski definition) is 0. The van der Waals surface area contributed by atoms with E-state index in [9.17, 15) is 4.79 Å². The average Bonchev–Trinajstić information content (AvgIpc) is 1.77. The minimum atomic E-state index is -0.530. The largest absolute Gasteiger partial charge is 0.463 e. The zero-order chi connectivity index (χ0) is 5.98. The van der Waals surface area contributed by atoms with Gasteiger partial charge in [0.15, 0.2) is 5.03 Å². The van der Waals surface area contributed by atoms with Crippen LogP contribution in [-0.2, 0) is 14.3 Å². The van der Waals surface area contributed by atoms with Crippen LogP contribution in [0.5, 0.6) is 0 Å². The zero-order valence-electron chi connectivity index (χ0n) is 3.89. The average molecular weight is 135 g/mol. The second-order valence-corrected chi connectivity index (χ2v) is 1.59. The standard InChI is InChI=1S/C4H3ClO3/c5-3-1-7-2-8-4(3)6/h1H,2H2. The van der Waals surface area contributed by atoms with Gasteiger partial charge in [0.05, 0.1) is 0 Å². The number of halogens is 1. The van der Waals surface area contributed by atoms with Crippen LogP contribution in [0.4, 0.5) is 0 Å². The molecule has 0 unspecified atom stereocenters. The fraction of sp³-hybridized carbons (Fsp3) is 0.250. The Morgan fingerprint density at radius 2 is 2.50 bits per heavy atom. The summed E-state index contributed by atoms with van der Waals surface area (Å²) in [7, 11) is 0. The van der Waals surface area contributed by atoms with Crippen molar-refractivity contribution >= 4 is 17.6 Å². The Labute approximate surface area is 50.8 Å². The van der Waals surface area contributed by atoms with E-state index >= 15 is 0 Å². The summed E-state index contributed by atoms with van der Waals surface area (Å²) in [4.78, 5) is 10.3. The zero-order valence-corrected chi connectivity index (χ0v) is 4.64. The van der Waals surface area contributed by atoms with E-state index < -0.39 is 5.97 Å². The summed E-state index contributed by atoms with van der Waals surface area (Å²) in [6, 6.07) is 0. The molecular formula is C4H3ClO3. The molecule has 1 heterocycles. The Balaban J connectivity index is 2.67. The van der Waals surface area contributed by atoms with Crippen LogP contribution in [0, 0.1) is 0 Å². The predicted octanol–water partition coefficient (Wildman–Crippen LogP) is 0.598. The van der Waals surface area contributed by atoms with Gasteiger partial charge < -0.3 is 9.47 Å². The molecule has 0 atom stereocenters. The van der Waals surface area contributed by atoms with Crippen molar-refractivity contribution in [2.45, 2.75) is 0 Å². The first-order chi connectivity index (χ1) is 3.80. The lowest BCUT2D eigenvalue weighted by atomic mass is 10.6. The van der Waals surface area contributed by atoms with Gasteiger partial charge in [0.1, 0.15) is 6.26 Å². The smallest absolute Gasteiger partial charge is 0.355 e. The third-order valence-electron chi connectivity index (χ3n) is 0.640. The van der Waals surface area contributed by atoms with E-state index in [4.69, 9.17) is 11.6 Å². The van der Waals surface area contributed by atoms with Gasteiger partial charge in [0.2, 0.25) is 6.79 Å². The summed E-state index contributed by atoms with van der Waals surface area (Å²) in [5.74, 6) is -0.530. The monoisotopic (exact) mass is 134 g/mol. The summed E-state index contributed by atoms with van der Waals surface area (Å²) >= 11 is 5.23. The number of cyclic esters (lactones) is 1. The van der Waals surface area contributed by atoms with Crippen LogP contribution in [0.15, 0.2) is 11.3 Å². The molecule has 0 radical (unpaired) electrons. The first-order valence-electron chi connectivity index (χ1n) is 1.95. The van der Waals surface area contributed by atoms with Gasteiger partial charge in [-0.3, -0.25) is 0 Å². The number of hydrogen-bond acceptors (Lipinski definition) is 3. The highest BCUT2D eigenvalue weighted by Crippen LogP contribution is 2.08. The predicted molar refractivity (Wildman–Crippen MR) is 26.0 cm³/mol. The third-order valence-corrected chi connectivity index (χ3v) is 0.883. The maximum Gasteiger partial charge on any atom is 0.355 e. The van der Waals surface area contributed by atoms with Crippen molar-refractivity contribution in [1.29, 1.82) is 0 Å². The summed E-state index contributed by atoms with van der Waals surface area (Å²) < 4.78 is 8.84. The number of rotatable bonds is 0. The fourth-order valence-corrected chi connectivity index (χ4v) is 0.429. The molecule has 0 amide bonds. The molecule has 1 aliphatic rings. The first-order valence-corrected chi connectivity index (χ1v) is 2.33. The molecule has 0 aromatic rings. The van der Waals surface area contributed by atoms with Crippen LogP contribution < -0.4 is 0 Å². The molecule has 44 valence electrons. The van der Waals surface area contributed by atoms with E-state index in [2.05, 4.69) is 9.47 Å². The molecule has 0 saturated heterocycles. The Morgan fingerprint density at radius 1 is 1.75 bits per heavy atom. The summed E-state index contributed by atoms with van der Waals surface area (Å²) in [5, 5.41) is -0.0174. The molecule has 0 aromatic carbocycles. The van der Waals surface area contributed by atoms with Crippen molar-refractivity contribution in [2.24, 2.45) is 0 Å². The van der Waals surface area contributed by atoms with E-state index in [1.54, 1.807) is 0 Å². The number of carbonyl (C=O) groups excluding carboxylic acids is 1. The van der Waals surface area contributed by atoms with Gasteiger partial charge in [-0.15, -0.1) is 0 Å². The van der Waals surface area contributed by atoms with Crippen molar-refractivity contribution in [3.05, 3.63) is 11.3 Å². The molecule has 8 heavy (non-hydrogen) atoms. The van der Waals surface area contributed by atoms with Crippen LogP contribution in [0.3, 0.4) is 0 Å². The molecule has 1 rings (SSSR count). The lowest BCUT2D eigenvalue weighted by Crippen LogP contribution is -2.11. The van der Waals surface area contributed by atoms with Crippen molar-refractivity contribution in [3.8, 4) is 0 Å². The van der Waals surface area contributed by atoms with Crippen molar-refractivity contribution in [3.63, 3.8) is 0 Å². The van der Waals surface area contributed by atoms with Crippen LogP contribution in [0.25, 0.3) is 0 Å². The first kappa shape index (κ1) is 5.44. The summed E-state index contributed by atoms with van der Waals surface area (Å²) in [6.07, 6.45) is 1.16. The molecule has 0 spiro atoms. The van der Waals surface area contributed by atoms with E-state index in [1.165, 1.54) is 0 Å². The van der Waals surface area contributed by atoms with Crippen molar-refractivity contribution in [2.75, 3.05) is 6.79 Å². The maximum atomic E-state index is 10.3. The molecule has 0 fully saturated rings. The van der Waals surface area contributed by atoms with Crippen molar-refractivity contribution < 1.29 is 14.3 Å². The second-order valence-electron chi connectivity index (χ2n) is 1.18. The van der Waals surface area contributed by atoms with Crippen LogP contribution in [0.2, 0.25) is 0 Å². The van der Waals surface area contributed by atoms with Gasteiger partial charge in [-0.2, -0.15) is 0 Å². The minimum Gasteiger partial charge on any atom is -0.463 e. The van der Waals surface area contributed by atoms with Crippen LogP contribution in [0.1, 0.15) is 0 Å². The van der Waals surface area contributed by atoms with Crippen LogP contribution >= 0.6 is 11.6 Å².